The Labute approximate surface area is 194 Å². The predicted octanol–water partition coefficient (Wildman–Crippen LogP) is 3.50. The highest BCUT2D eigenvalue weighted by Gasteiger charge is 2.35. The van der Waals surface area contributed by atoms with Crippen LogP contribution in [0.2, 0.25) is 0 Å². The molecular formula is C25H31N3O5. The molecule has 0 unspecified atom stereocenters. The van der Waals surface area contributed by atoms with Crippen molar-refractivity contribution in [3.8, 4) is 17.2 Å². The van der Waals surface area contributed by atoms with Crippen molar-refractivity contribution < 1.29 is 23.8 Å². The first kappa shape index (κ1) is 24.1. The van der Waals surface area contributed by atoms with Gasteiger partial charge in [-0.2, -0.15) is 5.10 Å². The maximum atomic E-state index is 13.3. The van der Waals surface area contributed by atoms with Gasteiger partial charge in [-0.05, 0) is 29.8 Å². The van der Waals surface area contributed by atoms with E-state index in [2.05, 4.69) is 0 Å². The van der Waals surface area contributed by atoms with Crippen LogP contribution in [0.25, 0.3) is 0 Å². The van der Waals surface area contributed by atoms with Crippen LogP contribution in [0.1, 0.15) is 37.4 Å². The van der Waals surface area contributed by atoms with E-state index in [0.717, 1.165) is 22.6 Å². The Morgan fingerprint density at radius 1 is 1.03 bits per heavy atom. The van der Waals surface area contributed by atoms with Crippen LogP contribution in [0.3, 0.4) is 0 Å². The van der Waals surface area contributed by atoms with E-state index in [-0.39, 0.29) is 30.3 Å². The SMILES string of the molecule is COc1ccc([C@@H]2CC(c3ccc(OC)cc3OC)=NN2C(=O)CN(C)C(=O)C(C)C)cc1. The van der Waals surface area contributed by atoms with Crippen molar-refractivity contribution in [2.75, 3.05) is 34.9 Å². The lowest BCUT2D eigenvalue weighted by molar-refractivity contribution is -0.142. The normalized spacial score (nSPS) is 15.3. The molecule has 0 fully saturated rings. The van der Waals surface area contributed by atoms with Crippen molar-refractivity contribution in [1.82, 2.24) is 9.91 Å². The second kappa shape index (κ2) is 10.4. The molecule has 0 spiro atoms. The van der Waals surface area contributed by atoms with Crippen LogP contribution in [-0.4, -0.2) is 62.4 Å². The fourth-order valence-corrected chi connectivity index (χ4v) is 3.82. The molecule has 0 aliphatic carbocycles. The zero-order valence-corrected chi connectivity index (χ0v) is 20.0. The molecule has 0 aromatic heterocycles. The first-order chi connectivity index (χ1) is 15.8. The third-order valence-corrected chi connectivity index (χ3v) is 5.63. The first-order valence-electron chi connectivity index (χ1n) is 10.8. The molecule has 33 heavy (non-hydrogen) atoms. The van der Waals surface area contributed by atoms with Gasteiger partial charge in [-0.3, -0.25) is 9.59 Å². The molecule has 1 heterocycles. The minimum Gasteiger partial charge on any atom is -0.497 e. The molecule has 2 amide bonds. The molecule has 0 saturated heterocycles. The molecule has 2 aromatic rings. The molecule has 0 N–H and O–H groups in total. The van der Waals surface area contributed by atoms with Crippen molar-refractivity contribution in [2.24, 2.45) is 11.0 Å². The van der Waals surface area contributed by atoms with Gasteiger partial charge in [0.2, 0.25) is 5.91 Å². The van der Waals surface area contributed by atoms with E-state index in [1.807, 2.05) is 50.2 Å². The highest BCUT2D eigenvalue weighted by atomic mass is 16.5. The van der Waals surface area contributed by atoms with E-state index < -0.39 is 0 Å². The number of hydrazone groups is 1. The first-order valence-corrected chi connectivity index (χ1v) is 10.8. The Bertz CT molecular complexity index is 1030. The van der Waals surface area contributed by atoms with Gasteiger partial charge in [0.15, 0.2) is 0 Å². The number of ether oxygens (including phenoxy) is 3. The fourth-order valence-electron chi connectivity index (χ4n) is 3.82. The van der Waals surface area contributed by atoms with Gasteiger partial charge in [0.05, 0.1) is 33.1 Å². The summed E-state index contributed by atoms with van der Waals surface area (Å²) in [6, 6.07) is 12.8. The molecule has 0 bridgehead atoms. The van der Waals surface area contributed by atoms with E-state index in [0.29, 0.717) is 17.9 Å². The molecule has 2 aromatic carbocycles. The zero-order chi connectivity index (χ0) is 24.1. The summed E-state index contributed by atoms with van der Waals surface area (Å²) < 4.78 is 16.1. The lowest BCUT2D eigenvalue weighted by Crippen LogP contribution is -2.40. The van der Waals surface area contributed by atoms with Gasteiger partial charge in [0, 0.05) is 31.0 Å². The quantitative estimate of drug-likeness (QED) is 0.611. The van der Waals surface area contributed by atoms with Gasteiger partial charge in [-0.1, -0.05) is 26.0 Å². The summed E-state index contributed by atoms with van der Waals surface area (Å²) in [5.74, 6) is 1.47. The van der Waals surface area contributed by atoms with E-state index in [1.54, 1.807) is 34.4 Å². The Balaban J connectivity index is 1.96. The summed E-state index contributed by atoms with van der Waals surface area (Å²) in [6.07, 6.45) is 0.503. The Hall–Kier alpha value is -3.55. The second-order valence-electron chi connectivity index (χ2n) is 8.19. The van der Waals surface area contributed by atoms with Gasteiger partial charge < -0.3 is 19.1 Å². The number of amides is 2. The largest absolute Gasteiger partial charge is 0.497 e. The number of carbonyl (C=O) groups excluding carboxylic acids is 2. The zero-order valence-electron chi connectivity index (χ0n) is 20.0. The number of benzene rings is 2. The van der Waals surface area contributed by atoms with E-state index >= 15 is 0 Å². The number of likely N-dealkylation sites (N-methyl/N-ethyl adjacent to an activating group) is 1. The molecule has 1 aliphatic heterocycles. The van der Waals surface area contributed by atoms with Gasteiger partial charge in [-0.15, -0.1) is 0 Å². The van der Waals surface area contributed by atoms with Crippen LogP contribution in [-0.2, 0) is 9.59 Å². The molecule has 8 heteroatoms. The van der Waals surface area contributed by atoms with Crippen LogP contribution in [0, 0.1) is 5.92 Å². The van der Waals surface area contributed by atoms with E-state index in [1.165, 1.54) is 9.91 Å². The average molecular weight is 454 g/mol. The summed E-state index contributed by atoms with van der Waals surface area (Å²) in [5, 5.41) is 6.17. The van der Waals surface area contributed by atoms with Gasteiger partial charge in [0.25, 0.3) is 5.91 Å². The molecule has 8 nitrogen and oxygen atoms in total. The molecule has 3 rings (SSSR count). The number of hydrogen-bond acceptors (Lipinski definition) is 6. The monoisotopic (exact) mass is 453 g/mol. The minimum absolute atomic E-state index is 0.0554. The number of rotatable bonds is 8. The molecule has 0 saturated carbocycles. The maximum absolute atomic E-state index is 13.3. The lowest BCUT2D eigenvalue weighted by Gasteiger charge is -2.25. The third-order valence-electron chi connectivity index (χ3n) is 5.63. The highest BCUT2D eigenvalue weighted by molar-refractivity contribution is 6.05. The number of methoxy groups -OCH3 is 3. The summed E-state index contributed by atoms with van der Waals surface area (Å²) in [5.41, 5.74) is 2.44. The Kier molecular flexibility index (Phi) is 7.58. The van der Waals surface area contributed by atoms with Crippen molar-refractivity contribution in [1.29, 1.82) is 0 Å². The van der Waals surface area contributed by atoms with Crippen LogP contribution >= 0.6 is 0 Å². The number of hydrogen-bond donors (Lipinski definition) is 0. The highest BCUT2D eigenvalue weighted by Crippen LogP contribution is 2.36. The number of nitrogens with zero attached hydrogens (tertiary/aromatic N) is 3. The topological polar surface area (TPSA) is 80.7 Å². The van der Waals surface area contributed by atoms with Crippen LogP contribution in [0.5, 0.6) is 17.2 Å². The van der Waals surface area contributed by atoms with Crippen molar-refractivity contribution in [3.63, 3.8) is 0 Å². The molecule has 1 atom stereocenters. The van der Waals surface area contributed by atoms with Gasteiger partial charge in [0.1, 0.15) is 23.8 Å². The maximum Gasteiger partial charge on any atom is 0.262 e. The minimum atomic E-state index is -0.312. The van der Waals surface area contributed by atoms with Crippen LogP contribution in [0.4, 0.5) is 0 Å². The molecular weight excluding hydrogens is 422 g/mol. The predicted molar refractivity (Wildman–Crippen MR) is 126 cm³/mol. The van der Waals surface area contributed by atoms with Crippen LogP contribution in [0.15, 0.2) is 47.6 Å². The number of carbonyl (C=O) groups is 2. The standard InChI is InChI=1S/C25H31N3O5/c1-16(2)25(30)27(3)15-24(29)28-22(17-7-9-18(31-4)10-8-17)14-21(26-28)20-12-11-19(32-5)13-23(20)33-6/h7-13,16,22H,14-15H2,1-6H3/t22-/m0/s1. The molecule has 1 aliphatic rings. The van der Waals surface area contributed by atoms with Crippen molar-refractivity contribution in [3.05, 3.63) is 53.6 Å². The summed E-state index contributed by atoms with van der Waals surface area (Å²) in [7, 11) is 6.43. The molecule has 0 radical (unpaired) electrons. The van der Waals surface area contributed by atoms with E-state index in [4.69, 9.17) is 19.3 Å². The van der Waals surface area contributed by atoms with Crippen molar-refractivity contribution in [2.45, 2.75) is 26.3 Å². The van der Waals surface area contributed by atoms with Crippen molar-refractivity contribution >= 4 is 17.5 Å². The summed E-state index contributed by atoms with van der Waals surface area (Å²) >= 11 is 0. The smallest absolute Gasteiger partial charge is 0.262 e. The van der Waals surface area contributed by atoms with Gasteiger partial charge in [-0.25, -0.2) is 5.01 Å². The Morgan fingerprint density at radius 3 is 2.24 bits per heavy atom. The van der Waals surface area contributed by atoms with E-state index in [9.17, 15) is 9.59 Å². The summed E-state index contributed by atoms with van der Waals surface area (Å²) in [6.45, 7) is 3.57. The fraction of sp³-hybridized carbons (Fsp3) is 0.400. The third kappa shape index (κ3) is 5.27. The van der Waals surface area contributed by atoms with Crippen LogP contribution < -0.4 is 14.2 Å². The second-order valence-corrected chi connectivity index (χ2v) is 8.19. The summed E-state index contributed by atoms with van der Waals surface area (Å²) in [4.78, 5) is 27.0. The average Bonchev–Trinajstić information content (AvgIpc) is 3.28. The lowest BCUT2D eigenvalue weighted by atomic mass is 9.97. The van der Waals surface area contributed by atoms with Gasteiger partial charge >= 0.3 is 0 Å². The Morgan fingerprint density at radius 2 is 1.67 bits per heavy atom. The molecule has 176 valence electrons.